The molecule has 3 N–H and O–H groups in total. The largest absolute Gasteiger partial charge is 0.479 e. The number of hydrogen-bond donors (Lipinski definition) is 3. The van der Waals surface area contributed by atoms with Crippen molar-refractivity contribution in [1.29, 1.82) is 0 Å². The van der Waals surface area contributed by atoms with Crippen LogP contribution in [0.2, 0.25) is 0 Å². The average Bonchev–Trinajstić information content (AvgIpc) is 2.76. The molecule has 1 aliphatic rings. The van der Waals surface area contributed by atoms with Gasteiger partial charge >= 0.3 is 0 Å². The Morgan fingerprint density at radius 2 is 1.83 bits per heavy atom. The van der Waals surface area contributed by atoms with Crippen molar-refractivity contribution in [2.24, 2.45) is 4.99 Å². The molecule has 1 saturated heterocycles. The summed E-state index contributed by atoms with van der Waals surface area (Å²) in [6.45, 7) is 3.62. The van der Waals surface area contributed by atoms with E-state index in [1.54, 1.807) is 11.0 Å². The van der Waals surface area contributed by atoms with Crippen molar-refractivity contribution in [2.75, 3.05) is 38.2 Å². The minimum absolute atomic E-state index is 0.187. The van der Waals surface area contributed by atoms with Crippen molar-refractivity contribution < 1.29 is 23.8 Å². The lowest BCUT2D eigenvalue weighted by molar-refractivity contribution is 0.207. The maximum Gasteiger partial charge on any atom is 0.240 e. The molecule has 10 heteroatoms. The van der Waals surface area contributed by atoms with Gasteiger partial charge in [0.2, 0.25) is 11.8 Å². The Kier molecular flexibility index (Phi) is 7.01. The Bertz CT molecular complexity index is 897. The first kappa shape index (κ1) is 21.7. The molecule has 2 heterocycles. The van der Waals surface area contributed by atoms with Gasteiger partial charge in [0.1, 0.15) is 17.3 Å². The third-order valence-corrected chi connectivity index (χ3v) is 4.95. The lowest BCUT2D eigenvalue weighted by atomic mass is 10.1. The fraction of sp³-hybridized carbons (Fsp3) is 0.400. The molecule has 1 aliphatic heterocycles. The van der Waals surface area contributed by atoms with Gasteiger partial charge in [-0.1, -0.05) is 6.92 Å². The van der Waals surface area contributed by atoms with Crippen LogP contribution in [0.15, 0.2) is 29.3 Å². The number of hydroxylamine groups is 1. The molecule has 0 aliphatic carbocycles. The number of guanidine groups is 1. The zero-order valence-electron chi connectivity index (χ0n) is 16.9. The molecule has 2 aromatic rings. The highest BCUT2D eigenvalue weighted by atomic mass is 19.1. The normalized spacial score (nSPS) is 14.8. The predicted molar refractivity (Wildman–Crippen MR) is 108 cm³/mol. The van der Waals surface area contributed by atoms with Gasteiger partial charge in [-0.15, -0.1) is 0 Å². The van der Waals surface area contributed by atoms with Crippen LogP contribution >= 0.6 is 0 Å². The third kappa shape index (κ3) is 4.77. The highest BCUT2D eigenvalue weighted by Gasteiger charge is 2.22. The smallest absolute Gasteiger partial charge is 0.240 e. The summed E-state index contributed by atoms with van der Waals surface area (Å²) in [5, 5.41) is 19.2. The summed E-state index contributed by atoms with van der Waals surface area (Å²) in [6.07, 6.45) is 0.629. The summed E-state index contributed by atoms with van der Waals surface area (Å²) in [6, 6.07) is 5.10. The summed E-state index contributed by atoms with van der Waals surface area (Å²) in [4.78, 5) is 12.5. The number of pyridine rings is 1. The number of aromatic nitrogens is 1. The SMILES string of the molecule is CCc1nc(OC)c(N=C(NO)N2CCN(c3cc(F)cc(F)c3)CC2)cc1CO. The lowest BCUT2D eigenvalue weighted by Gasteiger charge is -2.37. The fourth-order valence-electron chi connectivity index (χ4n) is 3.41. The van der Waals surface area contributed by atoms with Crippen LogP contribution in [0, 0.1) is 11.6 Å². The summed E-state index contributed by atoms with van der Waals surface area (Å²) >= 11 is 0. The molecule has 162 valence electrons. The number of rotatable bonds is 5. The number of hydrogen-bond acceptors (Lipinski definition) is 6. The monoisotopic (exact) mass is 421 g/mol. The van der Waals surface area contributed by atoms with Gasteiger partial charge in [-0.3, -0.25) is 5.21 Å². The van der Waals surface area contributed by atoms with Crippen LogP contribution in [0.3, 0.4) is 0 Å². The number of aliphatic hydroxyl groups is 1. The molecular formula is C20H25F2N5O3. The summed E-state index contributed by atoms with van der Waals surface area (Å²) in [5.74, 6) is -0.776. The van der Waals surface area contributed by atoms with E-state index < -0.39 is 11.6 Å². The minimum atomic E-state index is -0.624. The van der Waals surface area contributed by atoms with E-state index in [1.807, 2.05) is 11.8 Å². The van der Waals surface area contributed by atoms with Crippen LogP contribution in [0.25, 0.3) is 0 Å². The Morgan fingerprint density at radius 3 is 2.37 bits per heavy atom. The highest BCUT2D eigenvalue weighted by Crippen LogP contribution is 2.29. The molecule has 0 unspecified atom stereocenters. The first-order valence-electron chi connectivity index (χ1n) is 9.61. The van der Waals surface area contributed by atoms with Gasteiger partial charge < -0.3 is 19.6 Å². The van der Waals surface area contributed by atoms with Crippen LogP contribution in [-0.2, 0) is 13.0 Å². The van der Waals surface area contributed by atoms with E-state index in [9.17, 15) is 19.1 Å². The molecule has 1 aromatic carbocycles. The van der Waals surface area contributed by atoms with Crippen molar-refractivity contribution in [3.8, 4) is 5.88 Å². The van der Waals surface area contributed by atoms with Gasteiger partial charge in [-0.05, 0) is 24.6 Å². The number of ether oxygens (including phenoxy) is 1. The molecule has 3 rings (SSSR count). The zero-order valence-corrected chi connectivity index (χ0v) is 16.9. The molecule has 0 bridgehead atoms. The van der Waals surface area contributed by atoms with E-state index in [4.69, 9.17) is 4.74 Å². The Balaban J connectivity index is 1.79. The second-order valence-corrected chi connectivity index (χ2v) is 6.78. The number of nitrogens with one attached hydrogen (secondary N) is 1. The number of aliphatic imine (C=N–C) groups is 1. The second kappa shape index (κ2) is 9.68. The number of anilines is 1. The van der Waals surface area contributed by atoms with Crippen molar-refractivity contribution in [3.63, 3.8) is 0 Å². The van der Waals surface area contributed by atoms with E-state index >= 15 is 0 Å². The van der Waals surface area contributed by atoms with Gasteiger partial charge in [0.15, 0.2) is 0 Å². The highest BCUT2D eigenvalue weighted by molar-refractivity contribution is 5.83. The number of methoxy groups -OCH3 is 1. The molecule has 0 radical (unpaired) electrons. The van der Waals surface area contributed by atoms with E-state index in [0.29, 0.717) is 55.2 Å². The molecule has 0 spiro atoms. The van der Waals surface area contributed by atoms with E-state index in [-0.39, 0.29) is 18.4 Å². The Hall–Kier alpha value is -2.98. The molecule has 30 heavy (non-hydrogen) atoms. The van der Waals surface area contributed by atoms with Crippen molar-refractivity contribution >= 4 is 17.3 Å². The molecule has 1 fully saturated rings. The predicted octanol–water partition coefficient (Wildman–Crippen LogP) is 2.21. The van der Waals surface area contributed by atoms with E-state index in [2.05, 4.69) is 15.5 Å². The maximum atomic E-state index is 13.5. The van der Waals surface area contributed by atoms with Gasteiger partial charge in [-0.2, -0.15) is 0 Å². The number of piperazine rings is 1. The molecule has 8 nitrogen and oxygen atoms in total. The van der Waals surface area contributed by atoms with Gasteiger partial charge in [0.25, 0.3) is 0 Å². The van der Waals surface area contributed by atoms with Crippen LogP contribution in [-0.4, -0.2) is 59.4 Å². The summed E-state index contributed by atoms with van der Waals surface area (Å²) < 4.78 is 32.3. The second-order valence-electron chi connectivity index (χ2n) is 6.78. The summed E-state index contributed by atoms with van der Waals surface area (Å²) in [5.41, 5.74) is 4.28. The molecular weight excluding hydrogens is 396 g/mol. The molecule has 0 atom stereocenters. The van der Waals surface area contributed by atoms with Crippen molar-refractivity contribution in [3.05, 3.63) is 47.2 Å². The van der Waals surface area contributed by atoms with Crippen LogP contribution in [0.5, 0.6) is 5.88 Å². The van der Waals surface area contributed by atoms with Crippen molar-refractivity contribution in [1.82, 2.24) is 15.4 Å². The van der Waals surface area contributed by atoms with Crippen LogP contribution in [0.1, 0.15) is 18.2 Å². The first-order chi connectivity index (χ1) is 14.5. The van der Waals surface area contributed by atoms with Gasteiger partial charge in [0, 0.05) is 49.2 Å². The number of halogens is 2. The number of aliphatic hydroxyl groups excluding tert-OH is 1. The molecule has 0 saturated carbocycles. The Labute approximate surface area is 173 Å². The number of nitrogens with zero attached hydrogens (tertiary/aromatic N) is 4. The van der Waals surface area contributed by atoms with E-state index in [0.717, 1.165) is 6.07 Å². The average molecular weight is 421 g/mol. The number of aryl methyl sites for hydroxylation is 1. The third-order valence-electron chi connectivity index (χ3n) is 4.95. The standard InChI is InChI=1S/C20H25F2N5O3/c1-3-17-13(12-28)8-18(19(23-17)30-2)24-20(25-29)27-6-4-26(5-7-27)16-10-14(21)9-15(22)11-16/h8-11,28-29H,3-7,12H2,1-2H3,(H,24,25). The van der Waals surface area contributed by atoms with E-state index in [1.165, 1.54) is 19.2 Å². The first-order valence-corrected chi connectivity index (χ1v) is 9.61. The zero-order chi connectivity index (χ0) is 21.7. The van der Waals surface area contributed by atoms with Crippen LogP contribution in [0.4, 0.5) is 20.2 Å². The van der Waals surface area contributed by atoms with Crippen LogP contribution < -0.4 is 15.1 Å². The Morgan fingerprint density at radius 1 is 1.17 bits per heavy atom. The van der Waals surface area contributed by atoms with Crippen molar-refractivity contribution in [2.45, 2.75) is 20.0 Å². The van der Waals surface area contributed by atoms with Gasteiger partial charge in [-0.25, -0.2) is 24.2 Å². The fourth-order valence-corrected chi connectivity index (χ4v) is 3.41. The molecule has 1 aromatic heterocycles. The topological polar surface area (TPSA) is 93.5 Å². The number of benzene rings is 1. The summed E-state index contributed by atoms with van der Waals surface area (Å²) in [7, 11) is 1.47. The quantitative estimate of drug-likeness (QED) is 0.387. The minimum Gasteiger partial charge on any atom is -0.479 e. The molecule has 0 amide bonds. The maximum absolute atomic E-state index is 13.5. The van der Waals surface area contributed by atoms with Gasteiger partial charge in [0.05, 0.1) is 13.7 Å². The lowest BCUT2D eigenvalue weighted by Crippen LogP contribution is -2.52.